The van der Waals surface area contributed by atoms with Gasteiger partial charge in [-0.2, -0.15) is 4.68 Å². The molecule has 2 N–H and O–H groups in total. The summed E-state index contributed by atoms with van der Waals surface area (Å²) >= 11 is 8.24. The van der Waals surface area contributed by atoms with Crippen LogP contribution >= 0.6 is 34.9 Å². The van der Waals surface area contributed by atoms with Gasteiger partial charge in [0.05, 0.1) is 11.8 Å². The summed E-state index contributed by atoms with van der Waals surface area (Å²) in [5, 5.41) is 2.52. The number of carbonyl (C=O) groups excluding carboxylic acids is 1. The quantitative estimate of drug-likeness (QED) is 0.697. The first kappa shape index (κ1) is 16.1. The molecule has 0 atom stereocenters. The summed E-state index contributed by atoms with van der Waals surface area (Å²) in [7, 11) is 0. The average Bonchev–Trinajstić information content (AvgIpc) is 3.10. The highest BCUT2D eigenvalue weighted by atomic mass is 32.1. The van der Waals surface area contributed by atoms with E-state index in [2.05, 4.69) is 10.4 Å². The standard InChI is InChI=1S/C15H15N3O2S3/c1-3-10-8(2)23-13-12(10)14(20)18(15(21)16-13)17-11(19)7-9-5-4-6-22-9/h4-6H,3,7H2,1-2H3,(H,16,21)(H,17,19). The van der Waals surface area contributed by atoms with Gasteiger partial charge in [-0.25, -0.2) is 0 Å². The van der Waals surface area contributed by atoms with Crippen LogP contribution in [0.5, 0.6) is 0 Å². The molecule has 5 nitrogen and oxygen atoms in total. The average molecular weight is 366 g/mol. The molecule has 0 saturated carbocycles. The molecule has 0 bridgehead atoms. The Morgan fingerprint density at radius 2 is 2.26 bits per heavy atom. The van der Waals surface area contributed by atoms with E-state index in [1.54, 1.807) is 0 Å². The summed E-state index contributed by atoms with van der Waals surface area (Å²) in [5.41, 5.74) is 3.34. The molecule has 0 saturated heterocycles. The largest absolute Gasteiger partial charge is 0.322 e. The van der Waals surface area contributed by atoms with Crippen LogP contribution in [0.15, 0.2) is 22.3 Å². The molecule has 0 spiro atoms. The molecule has 3 rings (SSSR count). The smallest absolute Gasteiger partial charge is 0.282 e. The molecule has 23 heavy (non-hydrogen) atoms. The zero-order valence-corrected chi connectivity index (χ0v) is 15.1. The number of nitrogens with one attached hydrogen (secondary N) is 2. The maximum absolute atomic E-state index is 12.8. The van der Waals surface area contributed by atoms with Crippen LogP contribution in [-0.2, 0) is 17.6 Å². The van der Waals surface area contributed by atoms with Gasteiger partial charge in [-0.05, 0) is 42.6 Å². The van der Waals surface area contributed by atoms with Crippen molar-refractivity contribution < 1.29 is 4.79 Å². The van der Waals surface area contributed by atoms with Gasteiger partial charge in [0.15, 0.2) is 0 Å². The monoisotopic (exact) mass is 365 g/mol. The Kier molecular flexibility index (Phi) is 4.47. The number of aromatic nitrogens is 2. The molecule has 0 aliphatic rings. The Balaban J connectivity index is 2.02. The molecular weight excluding hydrogens is 350 g/mol. The fourth-order valence-corrected chi connectivity index (χ4v) is 4.65. The van der Waals surface area contributed by atoms with Crippen LogP contribution in [0.4, 0.5) is 0 Å². The van der Waals surface area contributed by atoms with Crippen molar-refractivity contribution in [2.24, 2.45) is 0 Å². The second-order valence-electron chi connectivity index (χ2n) is 5.06. The fourth-order valence-electron chi connectivity index (χ4n) is 2.51. The summed E-state index contributed by atoms with van der Waals surface area (Å²) in [5.74, 6) is -0.265. The van der Waals surface area contributed by atoms with Gasteiger partial charge in [-0.3, -0.25) is 15.0 Å². The molecule has 3 aromatic heterocycles. The molecule has 8 heteroatoms. The van der Waals surface area contributed by atoms with E-state index in [0.717, 1.165) is 31.2 Å². The third-order valence-corrected chi connectivity index (χ3v) is 5.78. The third kappa shape index (κ3) is 3.01. The SMILES string of the molecule is CCc1c(C)sc2[nH]c(=S)n(NC(=O)Cc3cccs3)c(=O)c12. The van der Waals surface area contributed by atoms with E-state index in [-0.39, 0.29) is 22.7 Å². The van der Waals surface area contributed by atoms with Crippen molar-refractivity contribution in [3.8, 4) is 0 Å². The fraction of sp³-hybridized carbons (Fsp3) is 0.267. The van der Waals surface area contributed by atoms with Gasteiger partial charge in [0.1, 0.15) is 4.83 Å². The number of aryl methyl sites for hydroxylation is 2. The first-order valence-electron chi connectivity index (χ1n) is 7.10. The van der Waals surface area contributed by atoms with Gasteiger partial charge in [0.25, 0.3) is 5.56 Å². The van der Waals surface area contributed by atoms with Crippen molar-refractivity contribution in [1.82, 2.24) is 9.66 Å². The van der Waals surface area contributed by atoms with E-state index in [0.29, 0.717) is 5.39 Å². The normalized spacial score (nSPS) is 11.0. The van der Waals surface area contributed by atoms with Gasteiger partial charge in [-0.1, -0.05) is 13.0 Å². The van der Waals surface area contributed by atoms with Crippen molar-refractivity contribution in [2.75, 3.05) is 5.43 Å². The number of carbonyl (C=O) groups is 1. The number of hydrogen-bond donors (Lipinski definition) is 2. The van der Waals surface area contributed by atoms with Crippen LogP contribution in [-0.4, -0.2) is 15.6 Å². The maximum Gasteiger partial charge on any atom is 0.282 e. The van der Waals surface area contributed by atoms with Crippen molar-refractivity contribution >= 4 is 51.0 Å². The number of amides is 1. The van der Waals surface area contributed by atoms with Gasteiger partial charge >= 0.3 is 0 Å². The minimum absolute atomic E-state index is 0.200. The molecule has 3 heterocycles. The van der Waals surface area contributed by atoms with Crippen LogP contribution in [0.1, 0.15) is 22.2 Å². The Morgan fingerprint density at radius 1 is 1.48 bits per heavy atom. The Hall–Kier alpha value is -1.77. The lowest BCUT2D eigenvalue weighted by Gasteiger charge is -2.08. The van der Waals surface area contributed by atoms with Crippen molar-refractivity contribution in [3.63, 3.8) is 0 Å². The summed E-state index contributed by atoms with van der Waals surface area (Å²) in [4.78, 5) is 30.7. The van der Waals surface area contributed by atoms with E-state index in [1.807, 2.05) is 31.4 Å². The number of thiophene rings is 2. The first-order valence-corrected chi connectivity index (χ1v) is 9.21. The predicted molar refractivity (Wildman–Crippen MR) is 97.8 cm³/mol. The van der Waals surface area contributed by atoms with Crippen LogP contribution in [0.3, 0.4) is 0 Å². The minimum Gasteiger partial charge on any atom is -0.322 e. The number of hydrogen-bond acceptors (Lipinski definition) is 5. The number of H-pyrrole nitrogens is 1. The maximum atomic E-state index is 12.8. The summed E-state index contributed by atoms with van der Waals surface area (Å²) in [6.45, 7) is 3.99. The lowest BCUT2D eigenvalue weighted by Crippen LogP contribution is -2.35. The Labute approximate surface area is 145 Å². The topological polar surface area (TPSA) is 66.9 Å². The first-order chi connectivity index (χ1) is 11.0. The van der Waals surface area contributed by atoms with Crippen LogP contribution in [0, 0.1) is 11.7 Å². The number of aromatic amines is 1. The highest BCUT2D eigenvalue weighted by Gasteiger charge is 2.16. The lowest BCUT2D eigenvalue weighted by atomic mass is 10.1. The zero-order chi connectivity index (χ0) is 16.6. The van der Waals surface area contributed by atoms with Gasteiger partial charge in [-0.15, -0.1) is 22.7 Å². The second-order valence-corrected chi connectivity index (χ2v) is 7.70. The molecule has 120 valence electrons. The van der Waals surface area contributed by atoms with E-state index in [1.165, 1.54) is 22.7 Å². The number of nitrogens with zero attached hydrogens (tertiary/aromatic N) is 1. The molecular formula is C15H15N3O2S3. The highest BCUT2D eigenvalue weighted by molar-refractivity contribution is 7.71. The van der Waals surface area contributed by atoms with E-state index < -0.39 is 0 Å². The van der Waals surface area contributed by atoms with Crippen LogP contribution in [0.2, 0.25) is 0 Å². The van der Waals surface area contributed by atoms with E-state index >= 15 is 0 Å². The Morgan fingerprint density at radius 3 is 2.91 bits per heavy atom. The van der Waals surface area contributed by atoms with E-state index in [4.69, 9.17) is 12.2 Å². The molecule has 0 aliphatic carbocycles. The molecule has 0 fully saturated rings. The van der Waals surface area contributed by atoms with Crippen LogP contribution in [0.25, 0.3) is 10.2 Å². The molecule has 0 aromatic carbocycles. The highest BCUT2D eigenvalue weighted by Crippen LogP contribution is 2.27. The minimum atomic E-state index is -0.274. The summed E-state index contributed by atoms with van der Waals surface area (Å²) in [6, 6.07) is 3.77. The molecule has 3 aromatic rings. The molecule has 0 aliphatic heterocycles. The van der Waals surface area contributed by atoms with Gasteiger partial charge in [0, 0.05) is 9.75 Å². The van der Waals surface area contributed by atoms with Gasteiger partial charge < -0.3 is 4.98 Å². The predicted octanol–water partition coefficient (Wildman–Crippen LogP) is 3.37. The molecule has 1 amide bonds. The van der Waals surface area contributed by atoms with Crippen molar-refractivity contribution in [2.45, 2.75) is 26.7 Å². The summed E-state index contributed by atoms with van der Waals surface area (Å²) in [6.07, 6.45) is 0.981. The molecule has 0 unspecified atom stereocenters. The third-order valence-electron chi connectivity index (χ3n) is 3.55. The number of rotatable bonds is 4. The van der Waals surface area contributed by atoms with E-state index in [9.17, 15) is 9.59 Å². The van der Waals surface area contributed by atoms with Crippen molar-refractivity contribution in [1.29, 1.82) is 0 Å². The second kappa shape index (κ2) is 6.38. The lowest BCUT2D eigenvalue weighted by molar-refractivity contribution is -0.116. The number of fused-ring (bicyclic) bond motifs is 1. The van der Waals surface area contributed by atoms with Gasteiger partial charge in [0.2, 0.25) is 10.7 Å². The van der Waals surface area contributed by atoms with Crippen molar-refractivity contribution in [3.05, 3.63) is 48.0 Å². The summed E-state index contributed by atoms with van der Waals surface area (Å²) < 4.78 is 1.34. The molecule has 0 radical (unpaired) electrons. The zero-order valence-electron chi connectivity index (χ0n) is 12.6. The Bertz CT molecular complexity index is 980. The van der Waals surface area contributed by atoms with Crippen LogP contribution < -0.4 is 11.0 Å².